The average Bonchev–Trinajstić information content (AvgIpc) is 3.17. The first-order chi connectivity index (χ1) is 18.2. The van der Waals surface area contributed by atoms with E-state index < -0.39 is 23.7 Å². The van der Waals surface area contributed by atoms with Gasteiger partial charge in [-0.25, -0.2) is 0 Å². The van der Waals surface area contributed by atoms with Crippen LogP contribution in [0.25, 0.3) is 0 Å². The molecule has 0 unspecified atom stereocenters. The number of anilines is 1. The van der Waals surface area contributed by atoms with E-state index in [1.165, 1.54) is 18.1 Å². The summed E-state index contributed by atoms with van der Waals surface area (Å²) in [6, 6.07) is 12.4. The van der Waals surface area contributed by atoms with Crippen LogP contribution in [-0.4, -0.2) is 35.6 Å². The number of hydrogen-bond acceptors (Lipinski definition) is 6. The Bertz CT molecular complexity index is 1540. The van der Waals surface area contributed by atoms with Gasteiger partial charge in [0, 0.05) is 22.6 Å². The molecule has 7 nitrogen and oxygen atoms in total. The quantitative estimate of drug-likeness (QED) is 0.232. The minimum absolute atomic E-state index is 0.00621. The molecule has 0 bridgehead atoms. The molecule has 192 valence electrons. The second-order valence-corrected chi connectivity index (χ2v) is 11.3. The molecule has 0 radical (unpaired) electrons. The van der Waals surface area contributed by atoms with E-state index in [0.29, 0.717) is 38.0 Å². The van der Waals surface area contributed by atoms with Gasteiger partial charge in [-0.05, 0) is 84.2 Å². The number of para-hydroxylation sites is 1. The van der Waals surface area contributed by atoms with Gasteiger partial charge in [0.05, 0.1) is 28.2 Å². The van der Waals surface area contributed by atoms with Crippen LogP contribution >= 0.6 is 22.6 Å². The van der Waals surface area contributed by atoms with Crippen LogP contribution < -0.4 is 9.64 Å². The van der Waals surface area contributed by atoms with E-state index in [9.17, 15) is 24.3 Å². The summed E-state index contributed by atoms with van der Waals surface area (Å²) in [4.78, 5) is 55.4. The Morgan fingerprint density at radius 1 is 1.03 bits per heavy atom. The van der Waals surface area contributed by atoms with Crippen molar-refractivity contribution in [3.8, 4) is 11.5 Å². The fraction of sp³-hybridized carbons (Fsp3) is 0.267. The van der Waals surface area contributed by atoms with Crippen LogP contribution in [0.3, 0.4) is 0 Å². The number of Topliss-reactive ketones (excluding diaryl/α,β-unsaturated/α-hetero) is 1. The third-order valence-corrected chi connectivity index (χ3v) is 9.01. The molecule has 0 aromatic heterocycles. The predicted octanol–water partition coefficient (Wildman–Crippen LogP) is 4.64. The number of benzene rings is 2. The van der Waals surface area contributed by atoms with E-state index in [-0.39, 0.29) is 41.3 Å². The van der Waals surface area contributed by atoms with Crippen LogP contribution in [0.5, 0.6) is 11.5 Å². The molecule has 2 amide bonds. The van der Waals surface area contributed by atoms with Crippen molar-refractivity contribution in [1.82, 2.24) is 0 Å². The summed E-state index contributed by atoms with van der Waals surface area (Å²) in [5.74, 6) is -2.86. The maximum absolute atomic E-state index is 13.8. The first-order valence-electron chi connectivity index (χ1n) is 12.4. The molecule has 2 aromatic rings. The normalized spacial score (nSPS) is 26.6. The van der Waals surface area contributed by atoms with Gasteiger partial charge in [-0.1, -0.05) is 29.8 Å². The molecule has 1 heterocycles. The summed E-state index contributed by atoms with van der Waals surface area (Å²) < 4.78 is 5.94. The van der Waals surface area contributed by atoms with Gasteiger partial charge in [0.1, 0.15) is 0 Å². The van der Waals surface area contributed by atoms with Crippen molar-refractivity contribution in [2.24, 2.45) is 17.8 Å². The van der Waals surface area contributed by atoms with E-state index in [1.807, 2.05) is 34.7 Å². The van der Waals surface area contributed by atoms with Crippen molar-refractivity contribution in [3.05, 3.63) is 86.0 Å². The Kier molecular flexibility index (Phi) is 5.90. The predicted molar refractivity (Wildman–Crippen MR) is 148 cm³/mol. The van der Waals surface area contributed by atoms with Gasteiger partial charge in [-0.3, -0.25) is 24.1 Å². The topological polar surface area (TPSA) is 101 Å². The minimum atomic E-state index is -0.632. The number of carbonyl (C=O) groups is 4. The highest BCUT2D eigenvalue weighted by atomic mass is 127. The summed E-state index contributed by atoms with van der Waals surface area (Å²) in [7, 11) is 1.46. The highest BCUT2D eigenvalue weighted by molar-refractivity contribution is 14.1. The second kappa shape index (κ2) is 9.04. The summed E-state index contributed by atoms with van der Waals surface area (Å²) in [6.45, 7) is 1.64. The van der Waals surface area contributed by atoms with E-state index in [2.05, 4.69) is 0 Å². The lowest BCUT2D eigenvalue weighted by atomic mass is 9.59. The summed E-state index contributed by atoms with van der Waals surface area (Å²) in [6.07, 6.45) is 3.94. The van der Waals surface area contributed by atoms with E-state index in [4.69, 9.17) is 4.74 Å². The first-order valence-corrected chi connectivity index (χ1v) is 13.5. The highest BCUT2D eigenvalue weighted by Gasteiger charge is 2.56. The average molecular weight is 621 g/mol. The number of rotatable bonds is 3. The number of phenolic OH excluding ortho intramolecular Hbond substituents is 1. The van der Waals surface area contributed by atoms with Gasteiger partial charge in [-0.15, -0.1) is 0 Å². The number of halogens is 1. The number of phenols is 1. The number of hydrogen-bond donors (Lipinski definition) is 1. The van der Waals surface area contributed by atoms with Crippen molar-refractivity contribution in [1.29, 1.82) is 0 Å². The number of aromatic hydroxyl groups is 1. The van der Waals surface area contributed by atoms with Crippen LogP contribution in [0.1, 0.15) is 31.2 Å². The minimum Gasteiger partial charge on any atom is -0.504 e. The van der Waals surface area contributed by atoms with Gasteiger partial charge in [-0.2, -0.15) is 0 Å². The Morgan fingerprint density at radius 3 is 2.47 bits per heavy atom. The van der Waals surface area contributed by atoms with Crippen LogP contribution in [0, 0.1) is 21.3 Å². The lowest BCUT2D eigenvalue weighted by Crippen LogP contribution is -2.39. The number of carbonyl (C=O) groups excluding carboxylic acids is 4. The summed E-state index contributed by atoms with van der Waals surface area (Å²) >= 11 is 2.01. The lowest BCUT2D eigenvalue weighted by Gasteiger charge is -2.42. The monoisotopic (exact) mass is 621 g/mol. The fourth-order valence-corrected chi connectivity index (χ4v) is 7.11. The van der Waals surface area contributed by atoms with Crippen molar-refractivity contribution < 1.29 is 29.0 Å². The molecule has 0 spiro atoms. The van der Waals surface area contributed by atoms with Crippen LogP contribution in [0.4, 0.5) is 5.69 Å². The molecular weight excluding hydrogens is 597 g/mol. The second-order valence-electron chi connectivity index (χ2n) is 10.1. The Hall–Kier alpha value is -3.53. The van der Waals surface area contributed by atoms with Crippen LogP contribution in [-0.2, 0) is 19.2 Å². The SMILES string of the molecule is COc1cc([C@H]2C3=CC[C@@H]4C(=O)N(c5ccccc5)C(=O)[C@@H]4[C@@H]3CC3=C2C(=O)C(C)=CC3=O)cc(I)c1O. The number of ether oxygens (including phenoxy) is 1. The Morgan fingerprint density at radius 2 is 1.76 bits per heavy atom. The van der Waals surface area contributed by atoms with Gasteiger partial charge in [0.15, 0.2) is 23.1 Å². The van der Waals surface area contributed by atoms with Crippen molar-refractivity contribution in [2.75, 3.05) is 12.0 Å². The molecule has 2 aromatic carbocycles. The molecule has 8 heteroatoms. The molecular formula is C30H24INO6. The van der Waals surface area contributed by atoms with E-state index in [1.54, 1.807) is 43.3 Å². The van der Waals surface area contributed by atoms with Crippen molar-refractivity contribution >= 4 is 51.7 Å². The third kappa shape index (κ3) is 3.53. The molecule has 0 saturated carbocycles. The lowest BCUT2D eigenvalue weighted by molar-refractivity contribution is -0.123. The highest BCUT2D eigenvalue weighted by Crippen LogP contribution is 2.56. The number of nitrogens with zero attached hydrogens (tertiary/aromatic N) is 1. The maximum Gasteiger partial charge on any atom is 0.238 e. The molecule has 1 saturated heterocycles. The number of allylic oxidation sites excluding steroid dienone is 6. The zero-order valence-electron chi connectivity index (χ0n) is 20.7. The number of imide groups is 1. The molecule has 4 atom stereocenters. The number of ketones is 2. The molecule has 4 aliphatic rings. The Balaban J connectivity index is 1.52. The van der Waals surface area contributed by atoms with Crippen LogP contribution in [0.15, 0.2) is 76.9 Å². The van der Waals surface area contributed by atoms with Gasteiger partial charge in [0.25, 0.3) is 0 Å². The maximum atomic E-state index is 13.8. The number of fused-ring (bicyclic) bond motifs is 3. The smallest absolute Gasteiger partial charge is 0.238 e. The van der Waals surface area contributed by atoms with Gasteiger partial charge >= 0.3 is 0 Å². The zero-order chi connectivity index (χ0) is 26.9. The fourth-order valence-electron chi connectivity index (χ4n) is 6.49. The third-order valence-electron chi connectivity index (χ3n) is 8.18. The van der Waals surface area contributed by atoms with Crippen LogP contribution in [0.2, 0.25) is 0 Å². The summed E-state index contributed by atoms with van der Waals surface area (Å²) in [5, 5.41) is 10.5. The van der Waals surface area contributed by atoms with Crippen molar-refractivity contribution in [3.63, 3.8) is 0 Å². The first kappa shape index (κ1) is 24.8. The largest absolute Gasteiger partial charge is 0.504 e. The van der Waals surface area contributed by atoms with Crippen molar-refractivity contribution in [2.45, 2.75) is 25.7 Å². The molecule has 6 rings (SSSR count). The molecule has 3 aliphatic carbocycles. The van der Waals surface area contributed by atoms with E-state index >= 15 is 0 Å². The molecule has 1 aliphatic heterocycles. The van der Waals surface area contributed by atoms with Gasteiger partial charge in [0.2, 0.25) is 11.8 Å². The molecule has 38 heavy (non-hydrogen) atoms. The molecule has 1 fully saturated rings. The molecule has 1 N–H and O–H groups in total. The number of amides is 2. The Labute approximate surface area is 233 Å². The number of methoxy groups -OCH3 is 1. The standard InChI is InChI=1S/C30H24INO6/c1-14-10-22(33)20-13-19-17(24(26(20)27(14)34)15-11-21(31)28(35)23(12-15)38-2)8-9-18-25(19)30(37)32(29(18)36)16-6-4-3-5-7-16/h3-8,10-12,18-19,24-25,35H,9,13H2,1-2H3/t18-,19+,24-,25-/m0/s1. The van der Waals surface area contributed by atoms with E-state index in [0.717, 1.165) is 5.57 Å². The summed E-state index contributed by atoms with van der Waals surface area (Å²) in [5.41, 5.74) is 3.27. The zero-order valence-corrected chi connectivity index (χ0v) is 22.9. The van der Waals surface area contributed by atoms with Gasteiger partial charge < -0.3 is 9.84 Å².